The maximum absolute atomic E-state index is 10.8. The Hall–Kier alpha value is -1.71. The summed E-state index contributed by atoms with van der Waals surface area (Å²) in [5.41, 5.74) is 7.83. The number of carbonyl (C=O) groups excluding carboxylic acids is 1. The molecular weight excluding hydrogens is 276 g/mol. The van der Waals surface area contributed by atoms with E-state index in [0.717, 1.165) is 37.8 Å². The quantitative estimate of drug-likeness (QED) is 0.857. The van der Waals surface area contributed by atoms with Crippen molar-refractivity contribution < 1.29 is 9.53 Å². The van der Waals surface area contributed by atoms with Gasteiger partial charge in [0.1, 0.15) is 6.10 Å². The van der Waals surface area contributed by atoms with Crippen LogP contribution in [0.4, 0.5) is 10.5 Å². The average molecular weight is 304 g/mol. The van der Waals surface area contributed by atoms with Gasteiger partial charge in [-0.25, -0.2) is 4.79 Å². The zero-order chi connectivity index (χ0) is 16.2. The third kappa shape index (κ3) is 4.39. The van der Waals surface area contributed by atoms with Crippen molar-refractivity contribution in [3.8, 4) is 0 Å². The predicted molar refractivity (Wildman–Crippen MR) is 90.1 cm³/mol. The Bertz CT molecular complexity index is 488. The van der Waals surface area contributed by atoms with Gasteiger partial charge < -0.3 is 15.8 Å². The third-order valence-electron chi connectivity index (χ3n) is 4.88. The zero-order valence-corrected chi connectivity index (χ0v) is 13.9. The molecule has 22 heavy (non-hydrogen) atoms. The summed E-state index contributed by atoms with van der Waals surface area (Å²) in [5, 5.41) is 3.58. The lowest BCUT2D eigenvalue weighted by molar-refractivity contribution is 0.0806. The number of ether oxygens (including phenoxy) is 1. The van der Waals surface area contributed by atoms with Crippen LogP contribution in [0.3, 0.4) is 0 Å². The van der Waals surface area contributed by atoms with E-state index in [9.17, 15) is 4.79 Å². The highest BCUT2D eigenvalue weighted by atomic mass is 16.6. The van der Waals surface area contributed by atoms with Gasteiger partial charge >= 0.3 is 6.09 Å². The Morgan fingerprint density at radius 1 is 1.23 bits per heavy atom. The molecule has 0 bridgehead atoms. The second kappa shape index (κ2) is 7.03. The molecule has 0 unspecified atom stereocenters. The Balaban J connectivity index is 1.86. The van der Waals surface area contributed by atoms with Gasteiger partial charge in [-0.05, 0) is 55.2 Å². The molecule has 0 atom stereocenters. The van der Waals surface area contributed by atoms with Crippen LogP contribution in [0.25, 0.3) is 0 Å². The number of amides is 1. The number of hydrogen-bond acceptors (Lipinski definition) is 3. The standard InChI is InChI=1S/C18H28N2O2/c1-4-18(2,3)13-5-7-14(8-6-13)20-15-9-11-16(12-10-15)22-17(19)21/h5-8,15-16,20H,4,9-12H2,1-3H3,(H2,19,21). The van der Waals surface area contributed by atoms with Crippen LogP contribution in [0.1, 0.15) is 58.4 Å². The maximum Gasteiger partial charge on any atom is 0.404 e. The molecule has 1 aromatic rings. The third-order valence-corrected chi connectivity index (χ3v) is 4.88. The monoisotopic (exact) mass is 304 g/mol. The van der Waals surface area contributed by atoms with Gasteiger partial charge in [0.25, 0.3) is 0 Å². The Morgan fingerprint density at radius 2 is 1.82 bits per heavy atom. The van der Waals surface area contributed by atoms with Gasteiger partial charge in [-0.2, -0.15) is 0 Å². The van der Waals surface area contributed by atoms with Gasteiger partial charge in [0.2, 0.25) is 0 Å². The average Bonchev–Trinajstić information content (AvgIpc) is 2.49. The highest BCUT2D eigenvalue weighted by Crippen LogP contribution is 2.29. The lowest BCUT2D eigenvalue weighted by atomic mass is 9.82. The summed E-state index contributed by atoms with van der Waals surface area (Å²) >= 11 is 0. The van der Waals surface area contributed by atoms with Gasteiger partial charge in [0.15, 0.2) is 0 Å². The van der Waals surface area contributed by atoms with Crippen molar-refractivity contribution in [3.63, 3.8) is 0 Å². The van der Waals surface area contributed by atoms with Crippen LogP contribution in [-0.2, 0) is 10.2 Å². The molecule has 0 saturated heterocycles. The van der Waals surface area contributed by atoms with Crippen molar-refractivity contribution in [1.82, 2.24) is 0 Å². The van der Waals surface area contributed by atoms with Crippen LogP contribution in [0.15, 0.2) is 24.3 Å². The van der Waals surface area contributed by atoms with Gasteiger partial charge in [0, 0.05) is 11.7 Å². The number of nitrogens with one attached hydrogen (secondary N) is 1. The molecule has 1 saturated carbocycles. The first-order valence-electron chi connectivity index (χ1n) is 8.24. The second-order valence-corrected chi connectivity index (χ2v) is 6.87. The Kier molecular flexibility index (Phi) is 5.33. The predicted octanol–water partition coefficient (Wildman–Crippen LogP) is 4.19. The number of carbonyl (C=O) groups is 1. The summed E-state index contributed by atoms with van der Waals surface area (Å²) in [5.74, 6) is 0. The molecule has 1 aromatic carbocycles. The number of anilines is 1. The van der Waals surface area contributed by atoms with Gasteiger partial charge in [-0.1, -0.05) is 32.9 Å². The highest BCUT2D eigenvalue weighted by Gasteiger charge is 2.23. The number of primary amides is 1. The fourth-order valence-corrected chi connectivity index (χ4v) is 2.95. The Labute approximate surface area is 133 Å². The molecule has 0 heterocycles. The lowest BCUT2D eigenvalue weighted by Gasteiger charge is -2.29. The first-order chi connectivity index (χ1) is 10.4. The molecule has 3 N–H and O–H groups in total. The molecule has 1 aliphatic rings. The van der Waals surface area contributed by atoms with E-state index in [-0.39, 0.29) is 11.5 Å². The highest BCUT2D eigenvalue weighted by molar-refractivity contribution is 5.64. The van der Waals surface area contributed by atoms with E-state index in [4.69, 9.17) is 10.5 Å². The SMILES string of the molecule is CCC(C)(C)c1ccc(NC2CCC(OC(N)=O)CC2)cc1. The van der Waals surface area contributed by atoms with Crippen molar-refractivity contribution in [2.24, 2.45) is 5.73 Å². The van der Waals surface area contributed by atoms with Gasteiger partial charge in [-0.3, -0.25) is 0 Å². The summed E-state index contributed by atoms with van der Waals surface area (Å²) in [6.45, 7) is 6.77. The molecule has 1 fully saturated rings. The molecular formula is C18H28N2O2. The summed E-state index contributed by atoms with van der Waals surface area (Å²) in [6, 6.07) is 9.21. The molecule has 4 nitrogen and oxygen atoms in total. The first kappa shape index (κ1) is 16.7. The fourth-order valence-electron chi connectivity index (χ4n) is 2.95. The van der Waals surface area contributed by atoms with E-state index >= 15 is 0 Å². The zero-order valence-electron chi connectivity index (χ0n) is 13.9. The number of rotatable bonds is 5. The van der Waals surface area contributed by atoms with Gasteiger partial charge in [-0.15, -0.1) is 0 Å². The lowest BCUT2D eigenvalue weighted by Crippen LogP contribution is -2.32. The molecule has 122 valence electrons. The van der Waals surface area contributed by atoms with Crippen LogP contribution in [0.2, 0.25) is 0 Å². The molecule has 1 amide bonds. The molecule has 4 heteroatoms. The minimum Gasteiger partial charge on any atom is -0.446 e. The van der Waals surface area contributed by atoms with Crippen LogP contribution in [0, 0.1) is 0 Å². The van der Waals surface area contributed by atoms with Crippen molar-refractivity contribution in [1.29, 1.82) is 0 Å². The second-order valence-electron chi connectivity index (χ2n) is 6.87. The maximum atomic E-state index is 10.8. The number of hydrogen-bond donors (Lipinski definition) is 2. The van der Waals surface area contributed by atoms with Crippen LogP contribution in [-0.4, -0.2) is 18.2 Å². The summed E-state index contributed by atoms with van der Waals surface area (Å²) in [6.07, 6.45) is 4.21. The van der Waals surface area contributed by atoms with Crippen molar-refractivity contribution in [2.45, 2.75) is 70.4 Å². The van der Waals surface area contributed by atoms with Crippen molar-refractivity contribution in [3.05, 3.63) is 29.8 Å². The van der Waals surface area contributed by atoms with Crippen LogP contribution in [0.5, 0.6) is 0 Å². The summed E-state index contributed by atoms with van der Waals surface area (Å²) in [4.78, 5) is 10.8. The number of nitrogens with two attached hydrogens (primary N) is 1. The molecule has 0 aromatic heterocycles. The summed E-state index contributed by atoms with van der Waals surface area (Å²) < 4.78 is 5.07. The topological polar surface area (TPSA) is 64.3 Å². The summed E-state index contributed by atoms with van der Waals surface area (Å²) in [7, 11) is 0. The van der Waals surface area contributed by atoms with Crippen molar-refractivity contribution >= 4 is 11.8 Å². The number of benzene rings is 1. The van der Waals surface area contributed by atoms with E-state index in [1.54, 1.807) is 0 Å². The van der Waals surface area contributed by atoms with Gasteiger partial charge in [0.05, 0.1) is 0 Å². The normalized spacial score (nSPS) is 22.1. The smallest absolute Gasteiger partial charge is 0.404 e. The Morgan fingerprint density at radius 3 is 2.32 bits per heavy atom. The van der Waals surface area contributed by atoms with E-state index in [1.807, 2.05) is 0 Å². The van der Waals surface area contributed by atoms with E-state index in [0.29, 0.717) is 6.04 Å². The fraction of sp³-hybridized carbons (Fsp3) is 0.611. The molecule has 2 rings (SSSR count). The van der Waals surface area contributed by atoms with E-state index in [1.165, 1.54) is 5.56 Å². The molecule has 1 aliphatic carbocycles. The van der Waals surface area contributed by atoms with E-state index < -0.39 is 6.09 Å². The molecule has 0 spiro atoms. The van der Waals surface area contributed by atoms with E-state index in [2.05, 4.69) is 50.4 Å². The molecule has 0 radical (unpaired) electrons. The van der Waals surface area contributed by atoms with Crippen molar-refractivity contribution in [2.75, 3.05) is 5.32 Å². The minimum absolute atomic E-state index is 0.0109. The minimum atomic E-state index is -0.662. The largest absolute Gasteiger partial charge is 0.446 e. The van der Waals surface area contributed by atoms with Crippen LogP contribution < -0.4 is 11.1 Å². The first-order valence-corrected chi connectivity index (χ1v) is 8.24. The van der Waals surface area contributed by atoms with Crippen LogP contribution >= 0.6 is 0 Å². The molecule has 0 aliphatic heterocycles.